The van der Waals surface area contributed by atoms with Crippen molar-refractivity contribution in [1.82, 2.24) is 24.6 Å². The first-order valence-electron chi connectivity index (χ1n) is 11.4. The van der Waals surface area contributed by atoms with E-state index in [4.69, 9.17) is 14.6 Å². The molecular formula is C25H24FN5O4. The van der Waals surface area contributed by atoms with Gasteiger partial charge in [0.05, 0.1) is 24.9 Å². The number of ether oxygens (including phenoxy) is 1. The van der Waals surface area contributed by atoms with Gasteiger partial charge >= 0.3 is 0 Å². The molecule has 0 amide bonds. The third-order valence-electron chi connectivity index (χ3n) is 7.05. The molecule has 10 heteroatoms. The highest BCUT2D eigenvalue weighted by molar-refractivity contribution is 5.73. The summed E-state index contributed by atoms with van der Waals surface area (Å²) in [7, 11) is 1.62. The van der Waals surface area contributed by atoms with E-state index in [2.05, 4.69) is 15.5 Å². The summed E-state index contributed by atoms with van der Waals surface area (Å²) in [5, 5.41) is 19.2. The van der Waals surface area contributed by atoms with Crippen molar-refractivity contribution in [1.29, 1.82) is 0 Å². The zero-order valence-corrected chi connectivity index (χ0v) is 19.1. The largest absolute Gasteiger partial charge is 0.497 e. The van der Waals surface area contributed by atoms with Crippen LogP contribution in [0.4, 0.5) is 4.39 Å². The summed E-state index contributed by atoms with van der Waals surface area (Å²) in [6.45, 7) is 0.0894. The number of fused-ring (bicyclic) bond motifs is 6. The molecule has 0 saturated heterocycles. The number of aromatic nitrogens is 5. The van der Waals surface area contributed by atoms with Gasteiger partial charge in [0.15, 0.2) is 0 Å². The summed E-state index contributed by atoms with van der Waals surface area (Å²) in [6.07, 6.45) is 4.74. The molecule has 2 aromatic heterocycles. The Morgan fingerprint density at radius 2 is 1.89 bits per heavy atom. The number of tetrazole rings is 1. The molecule has 2 aromatic carbocycles. The van der Waals surface area contributed by atoms with Gasteiger partial charge in [0.1, 0.15) is 11.6 Å². The zero-order chi connectivity index (χ0) is 24.6. The lowest BCUT2D eigenvalue weighted by Crippen LogP contribution is -2.41. The van der Waals surface area contributed by atoms with E-state index in [1.165, 1.54) is 12.1 Å². The van der Waals surface area contributed by atoms with Crippen molar-refractivity contribution in [3.63, 3.8) is 0 Å². The Morgan fingerprint density at radius 3 is 2.57 bits per heavy atom. The normalized spacial score (nSPS) is 15.3. The van der Waals surface area contributed by atoms with Crippen molar-refractivity contribution in [2.75, 3.05) is 7.11 Å². The quantitative estimate of drug-likeness (QED) is 0.451. The lowest BCUT2D eigenvalue weighted by atomic mass is 9.68. The van der Waals surface area contributed by atoms with Crippen LogP contribution in [-0.2, 0) is 23.2 Å². The molecule has 1 fully saturated rings. The van der Waals surface area contributed by atoms with Crippen molar-refractivity contribution in [2.24, 2.45) is 0 Å². The zero-order valence-electron chi connectivity index (χ0n) is 19.1. The van der Waals surface area contributed by atoms with Crippen LogP contribution in [0.25, 0.3) is 17.0 Å². The summed E-state index contributed by atoms with van der Waals surface area (Å²) < 4.78 is 22.8. The van der Waals surface area contributed by atoms with E-state index < -0.39 is 0 Å². The summed E-state index contributed by atoms with van der Waals surface area (Å²) in [5.41, 5.74) is 3.72. The number of hydrogen-bond donors (Lipinski definition) is 1. The van der Waals surface area contributed by atoms with Crippen LogP contribution in [0.15, 0.2) is 47.3 Å². The van der Waals surface area contributed by atoms with E-state index in [0.29, 0.717) is 23.6 Å². The van der Waals surface area contributed by atoms with Crippen LogP contribution in [0.1, 0.15) is 42.4 Å². The summed E-state index contributed by atoms with van der Waals surface area (Å²) in [6, 6.07) is 12.4. The number of carbonyl (C=O) groups is 1. The van der Waals surface area contributed by atoms with Gasteiger partial charge in [0.2, 0.25) is 0 Å². The van der Waals surface area contributed by atoms with E-state index in [9.17, 15) is 9.18 Å². The SMILES string of the molecule is COc1ccc(Cn2c(=O)c3c(n4nnnc24)-c2cc(F)ccc2CC32CCCC2)cc1.O=CO. The van der Waals surface area contributed by atoms with E-state index in [1.807, 2.05) is 30.3 Å². The molecular weight excluding hydrogens is 453 g/mol. The fourth-order valence-electron chi connectivity index (χ4n) is 5.57. The van der Waals surface area contributed by atoms with Crippen LogP contribution >= 0.6 is 0 Å². The van der Waals surface area contributed by atoms with Crippen LogP contribution in [-0.4, -0.2) is 43.3 Å². The second-order valence-corrected chi connectivity index (χ2v) is 8.92. The summed E-state index contributed by atoms with van der Waals surface area (Å²) in [4.78, 5) is 22.4. The molecule has 0 atom stereocenters. The number of nitrogens with zero attached hydrogens (tertiary/aromatic N) is 5. The van der Waals surface area contributed by atoms with Crippen molar-refractivity contribution < 1.29 is 19.0 Å². The minimum absolute atomic E-state index is 0.0880. The van der Waals surface area contributed by atoms with Crippen LogP contribution in [0, 0.1) is 5.82 Å². The average molecular weight is 477 g/mol. The van der Waals surface area contributed by atoms with Gasteiger partial charge in [-0.15, -0.1) is 0 Å². The molecule has 1 saturated carbocycles. The third kappa shape index (κ3) is 3.74. The van der Waals surface area contributed by atoms with Crippen LogP contribution in [0.2, 0.25) is 0 Å². The maximum atomic E-state index is 14.3. The maximum Gasteiger partial charge on any atom is 0.290 e. The van der Waals surface area contributed by atoms with Gasteiger partial charge in [-0.3, -0.25) is 14.2 Å². The van der Waals surface area contributed by atoms with E-state index in [0.717, 1.165) is 54.5 Å². The first-order valence-corrected chi connectivity index (χ1v) is 11.4. The molecule has 35 heavy (non-hydrogen) atoms. The van der Waals surface area contributed by atoms with Gasteiger partial charge in [0.25, 0.3) is 17.8 Å². The Labute approximate surface area is 199 Å². The van der Waals surface area contributed by atoms with Crippen LogP contribution in [0.3, 0.4) is 0 Å². The predicted octanol–water partition coefficient (Wildman–Crippen LogP) is 3.22. The van der Waals surface area contributed by atoms with Crippen LogP contribution < -0.4 is 10.3 Å². The first-order chi connectivity index (χ1) is 17.0. The van der Waals surface area contributed by atoms with Crippen molar-refractivity contribution in [3.05, 3.63) is 75.3 Å². The topological polar surface area (TPSA) is 112 Å². The molecule has 2 heterocycles. The van der Waals surface area contributed by atoms with E-state index in [1.54, 1.807) is 16.2 Å². The minimum atomic E-state index is -0.333. The molecule has 1 spiro atoms. The number of methoxy groups -OCH3 is 1. The second-order valence-electron chi connectivity index (χ2n) is 8.92. The molecule has 1 N–H and O–H groups in total. The Morgan fingerprint density at radius 1 is 1.17 bits per heavy atom. The monoisotopic (exact) mass is 477 g/mol. The van der Waals surface area contributed by atoms with Crippen molar-refractivity contribution in [2.45, 2.75) is 44.1 Å². The van der Waals surface area contributed by atoms with Gasteiger partial charge in [0, 0.05) is 11.0 Å². The molecule has 0 aliphatic heterocycles. The second kappa shape index (κ2) is 8.94. The molecule has 9 nitrogen and oxygen atoms in total. The molecule has 0 bridgehead atoms. The molecule has 4 aromatic rings. The fourth-order valence-corrected chi connectivity index (χ4v) is 5.57. The number of carboxylic acid groups (broad SMARTS) is 1. The third-order valence-corrected chi connectivity index (χ3v) is 7.05. The van der Waals surface area contributed by atoms with Gasteiger partial charge in [-0.2, -0.15) is 4.52 Å². The summed E-state index contributed by atoms with van der Waals surface area (Å²) >= 11 is 0. The predicted molar refractivity (Wildman–Crippen MR) is 125 cm³/mol. The van der Waals surface area contributed by atoms with Gasteiger partial charge in [-0.25, -0.2) is 4.39 Å². The number of hydrogen-bond acceptors (Lipinski definition) is 6. The highest BCUT2D eigenvalue weighted by atomic mass is 19.1. The van der Waals surface area contributed by atoms with Crippen molar-refractivity contribution >= 4 is 12.2 Å². The lowest BCUT2D eigenvalue weighted by Gasteiger charge is -2.36. The Bertz CT molecular complexity index is 1460. The number of halogens is 1. The van der Waals surface area contributed by atoms with Gasteiger partial charge < -0.3 is 9.84 Å². The lowest BCUT2D eigenvalue weighted by molar-refractivity contribution is -0.122. The summed E-state index contributed by atoms with van der Waals surface area (Å²) in [5.74, 6) is 0.778. The highest BCUT2D eigenvalue weighted by Crippen LogP contribution is 2.50. The number of rotatable bonds is 3. The number of benzene rings is 2. The van der Waals surface area contributed by atoms with E-state index in [-0.39, 0.29) is 23.3 Å². The molecule has 2 aliphatic carbocycles. The molecule has 180 valence electrons. The first kappa shape index (κ1) is 22.7. The fraction of sp³-hybridized carbons (Fsp3) is 0.320. The van der Waals surface area contributed by atoms with E-state index >= 15 is 0 Å². The van der Waals surface area contributed by atoms with Gasteiger partial charge in [-0.1, -0.05) is 36.1 Å². The Hall–Kier alpha value is -4.08. The minimum Gasteiger partial charge on any atom is -0.497 e. The molecule has 0 radical (unpaired) electrons. The van der Waals surface area contributed by atoms with Crippen LogP contribution in [0.5, 0.6) is 5.75 Å². The highest BCUT2D eigenvalue weighted by Gasteiger charge is 2.45. The maximum absolute atomic E-state index is 14.3. The molecule has 2 aliphatic rings. The Kier molecular flexibility index (Phi) is 5.80. The molecule has 0 unspecified atom stereocenters. The standard InChI is InChI=1S/C24H22FN5O2.CH2O2/c1-32-18-8-4-15(5-9-18)14-29-22(31)20-21(30-23(29)26-27-28-30)19-12-17(25)7-6-16(19)13-24(20)10-2-3-11-24;2-1-3/h4-9,12H,2-3,10-11,13-14H2,1H3;1H,(H,2,3). The molecule has 6 rings (SSSR count). The smallest absolute Gasteiger partial charge is 0.290 e. The van der Waals surface area contributed by atoms with Gasteiger partial charge in [-0.05, 0) is 65.1 Å². The van der Waals surface area contributed by atoms with Crippen molar-refractivity contribution in [3.8, 4) is 17.0 Å². The Balaban J connectivity index is 0.000000806. The average Bonchev–Trinajstić information content (AvgIpc) is 3.53.